The molecule has 0 saturated carbocycles. The first-order valence-electron chi connectivity index (χ1n) is 9.89. The molecule has 0 spiro atoms. The highest BCUT2D eigenvalue weighted by atomic mass is 35.5. The number of carbonyl (C=O) groups excluding carboxylic acids is 2. The van der Waals surface area contributed by atoms with Crippen molar-refractivity contribution in [2.75, 3.05) is 6.61 Å². The summed E-state index contributed by atoms with van der Waals surface area (Å²) in [6.45, 7) is 6.35. The molecule has 2 rings (SSSR count). The number of hydrogen-bond acceptors (Lipinski definition) is 3. The SMILES string of the molecule is CC(C)NC(=O)[C@@H](C)N(Cc1ccc(Cl)cc1)C(=O)CCCOc1ccccc1. The summed E-state index contributed by atoms with van der Waals surface area (Å²) >= 11 is 5.96. The number of ether oxygens (including phenoxy) is 1. The van der Waals surface area contributed by atoms with Gasteiger partial charge in [0.15, 0.2) is 0 Å². The maximum absolute atomic E-state index is 12.9. The molecule has 0 radical (unpaired) electrons. The Morgan fingerprint density at radius 2 is 1.69 bits per heavy atom. The van der Waals surface area contributed by atoms with Crippen LogP contribution in [0.5, 0.6) is 5.75 Å². The van der Waals surface area contributed by atoms with Crippen LogP contribution in [0.4, 0.5) is 0 Å². The topological polar surface area (TPSA) is 58.6 Å². The third kappa shape index (κ3) is 7.78. The van der Waals surface area contributed by atoms with Crippen LogP contribution in [0.25, 0.3) is 0 Å². The summed E-state index contributed by atoms with van der Waals surface area (Å²) in [6.07, 6.45) is 0.878. The Morgan fingerprint density at radius 3 is 2.31 bits per heavy atom. The standard InChI is InChI=1S/C23H29ClN2O3/c1-17(2)25-23(28)18(3)26(16-19-11-13-20(24)14-12-19)22(27)10-7-15-29-21-8-5-4-6-9-21/h4-6,8-9,11-14,17-18H,7,10,15-16H2,1-3H3,(H,25,28)/t18-/m1/s1. The van der Waals surface area contributed by atoms with E-state index in [-0.39, 0.29) is 17.9 Å². The zero-order valence-electron chi connectivity index (χ0n) is 17.2. The van der Waals surface area contributed by atoms with Gasteiger partial charge in [-0.1, -0.05) is 41.9 Å². The molecule has 0 aromatic heterocycles. The fourth-order valence-electron chi connectivity index (χ4n) is 2.85. The lowest BCUT2D eigenvalue weighted by Crippen LogP contribution is -2.49. The lowest BCUT2D eigenvalue weighted by molar-refractivity contribution is -0.141. The smallest absolute Gasteiger partial charge is 0.242 e. The van der Waals surface area contributed by atoms with Crippen LogP contribution in [0.3, 0.4) is 0 Å². The molecule has 6 heteroatoms. The summed E-state index contributed by atoms with van der Waals surface area (Å²) in [5.41, 5.74) is 0.924. The molecular formula is C23H29ClN2O3. The summed E-state index contributed by atoms with van der Waals surface area (Å²) in [7, 11) is 0. The Hall–Kier alpha value is -2.53. The summed E-state index contributed by atoms with van der Waals surface area (Å²) in [4.78, 5) is 27.0. The van der Waals surface area contributed by atoms with Gasteiger partial charge in [-0.25, -0.2) is 0 Å². The summed E-state index contributed by atoms with van der Waals surface area (Å²) < 4.78 is 5.66. The fourth-order valence-corrected chi connectivity index (χ4v) is 2.97. The Labute approximate surface area is 178 Å². The van der Waals surface area contributed by atoms with Gasteiger partial charge in [-0.05, 0) is 57.0 Å². The quantitative estimate of drug-likeness (QED) is 0.582. The number of nitrogens with zero attached hydrogens (tertiary/aromatic N) is 1. The van der Waals surface area contributed by atoms with Gasteiger partial charge in [-0.2, -0.15) is 0 Å². The number of hydrogen-bond donors (Lipinski definition) is 1. The molecule has 0 aliphatic carbocycles. The molecular weight excluding hydrogens is 388 g/mol. The number of nitrogens with one attached hydrogen (secondary N) is 1. The molecule has 2 amide bonds. The first-order chi connectivity index (χ1) is 13.9. The van der Waals surface area contributed by atoms with Crippen molar-refractivity contribution in [2.24, 2.45) is 0 Å². The van der Waals surface area contributed by atoms with Crippen LogP contribution < -0.4 is 10.1 Å². The molecule has 0 aliphatic rings. The molecule has 0 heterocycles. The van der Waals surface area contributed by atoms with Crippen LogP contribution >= 0.6 is 11.6 Å². The van der Waals surface area contributed by atoms with Crippen molar-refractivity contribution in [1.29, 1.82) is 0 Å². The number of amides is 2. The molecule has 29 heavy (non-hydrogen) atoms. The minimum atomic E-state index is -0.574. The summed E-state index contributed by atoms with van der Waals surface area (Å²) in [5.74, 6) is 0.536. The van der Waals surface area contributed by atoms with Gasteiger partial charge in [0.05, 0.1) is 6.61 Å². The van der Waals surface area contributed by atoms with Gasteiger partial charge < -0.3 is 15.0 Å². The van der Waals surface area contributed by atoms with Crippen molar-refractivity contribution in [1.82, 2.24) is 10.2 Å². The van der Waals surface area contributed by atoms with Crippen LogP contribution in [-0.4, -0.2) is 35.4 Å². The largest absolute Gasteiger partial charge is 0.494 e. The van der Waals surface area contributed by atoms with E-state index in [2.05, 4.69) is 5.32 Å². The molecule has 0 unspecified atom stereocenters. The van der Waals surface area contributed by atoms with E-state index in [1.165, 1.54) is 0 Å². The third-order valence-electron chi connectivity index (χ3n) is 4.41. The van der Waals surface area contributed by atoms with Gasteiger partial charge in [0, 0.05) is 24.0 Å². The molecule has 0 bridgehead atoms. The Balaban J connectivity index is 1.99. The number of carbonyl (C=O) groups is 2. The van der Waals surface area contributed by atoms with E-state index >= 15 is 0 Å². The molecule has 2 aromatic carbocycles. The minimum absolute atomic E-state index is 0.0108. The number of halogens is 1. The predicted octanol–water partition coefficient (Wildman–Crippen LogP) is 4.44. The Bertz CT molecular complexity index is 778. The van der Waals surface area contributed by atoms with Crippen LogP contribution in [-0.2, 0) is 16.1 Å². The molecule has 156 valence electrons. The van der Waals surface area contributed by atoms with Crippen molar-refractivity contribution in [2.45, 2.75) is 52.2 Å². The van der Waals surface area contributed by atoms with Gasteiger partial charge in [-0.3, -0.25) is 9.59 Å². The molecule has 0 aliphatic heterocycles. The predicted molar refractivity (Wildman–Crippen MR) is 116 cm³/mol. The zero-order valence-corrected chi connectivity index (χ0v) is 18.0. The minimum Gasteiger partial charge on any atom is -0.494 e. The highest BCUT2D eigenvalue weighted by Crippen LogP contribution is 2.15. The van der Waals surface area contributed by atoms with Gasteiger partial charge in [0.25, 0.3) is 0 Å². The highest BCUT2D eigenvalue weighted by molar-refractivity contribution is 6.30. The maximum atomic E-state index is 12.9. The summed E-state index contributed by atoms with van der Waals surface area (Å²) in [5, 5.41) is 3.52. The van der Waals surface area contributed by atoms with E-state index < -0.39 is 6.04 Å². The van der Waals surface area contributed by atoms with Crippen LogP contribution in [0.1, 0.15) is 39.2 Å². The molecule has 0 saturated heterocycles. The number of para-hydroxylation sites is 1. The van der Waals surface area contributed by atoms with Crippen LogP contribution in [0, 0.1) is 0 Å². The van der Waals surface area contributed by atoms with Crippen molar-refractivity contribution in [3.8, 4) is 5.75 Å². The van der Waals surface area contributed by atoms with E-state index in [0.717, 1.165) is 11.3 Å². The second-order valence-corrected chi connectivity index (χ2v) is 7.69. The van der Waals surface area contributed by atoms with E-state index in [4.69, 9.17) is 16.3 Å². The van der Waals surface area contributed by atoms with E-state index in [0.29, 0.717) is 31.0 Å². The zero-order chi connectivity index (χ0) is 21.2. The average molecular weight is 417 g/mol. The second-order valence-electron chi connectivity index (χ2n) is 7.25. The van der Waals surface area contributed by atoms with Crippen molar-refractivity contribution in [3.05, 3.63) is 65.2 Å². The van der Waals surface area contributed by atoms with Crippen molar-refractivity contribution < 1.29 is 14.3 Å². The van der Waals surface area contributed by atoms with Crippen molar-refractivity contribution >= 4 is 23.4 Å². The van der Waals surface area contributed by atoms with Gasteiger partial charge in [0.2, 0.25) is 11.8 Å². The normalized spacial score (nSPS) is 11.8. The van der Waals surface area contributed by atoms with E-state index in [1.807, 2.05) is 56.3 Å². The molecule has 1 atom stereocenters. The fraction of sp³-hybridized carbons (Fsp3) is 0.391. The lowest BCUT2D eigenvalue weighted by Gasteiger charge is -2.29. The Kier molecular flexibility index (Phi) is 9.00. The third-order valence-corrected chi connectivity index (χ3v) is 4.66. The molecule has 5 nitrogen and oxygen atoms in total. The lowest BCUT2D eigenvalue weighted by atomic mass is 10.1. The Morgan fingerprint density at radius 1 is 1.03 bits per heavy atom. The molecule has 0 fully saturated rings. The van der Waals surface area contributed by atoms with Gasteiger partial charge >= 0.3 is 0 Å². The molecule has 2 aromatic rings. The number of benzene rings is 2. The highest BCUT2D eigenvalue weighted by Gasteiger charge is 2.26. The first kappa shape index (κ1) is 22.8. The molecule has 1 N–H and O–H groups in total. The van der Waals surface area contributed by atoms with Gasteiger partial charge in [-0.15, -0.1) is 0 Å². The first-order valence-corrected chi connectivity index (χ1v) is 10.3. The monoisotopic (exact) mass is 416 g/mol. The van der Waals surface area contributed by atoms with Crippen molar-refractivity contribution in [3.63, 3.8) is 0 Å². The van der Waals surface area contributed by atoms with Gasteiger partial charge in [0.1, 0.15) is 11.8 Å². The summed E-state index contributed by atoms with van der Waals surface area (Å²) in [6, 6.07) is 16.2. The number of rotatable bonds is 10. The van der Waals surface area contributed by atoms with E-state index in [9.17, 15) is 9.59 Å². The van der Waals surface area contributed by atoms with E-state index in [1.54, 1.807) is 24.0 Å². The average Bonchev–Trinajstić information content (AvgIpc) is 2.70. The van der Waals surface area contributed by atoms with Crippen LogP contribution in [0.2, 0.25) is 5.02 Å². The second kappa shape index (κ2) is 11.5. The van der Waals surface area contributed by atoms with Crippen LogP contribution in [0.15, 0.2) is 54.6 Å². The maximum Gasteiger partial charge on any atom is 0.242 e.